The van der Waals surface area contributed by atoms with Crippen molar-refractivity contribution in [3.63, 3.8) is 0 Å². The zero-order chi connectivity index (χ0) is 32.6. The van der Waals surface area contributed by atoms with Crippen LogP contribution < -0.4 is 4.90 Å². The Morgan fingerprint density at radius 1 is 0.265 bits per heavy atom. The second-order valence-electron chi connectivity index (χ2n) is 12.5. The maximum absolute atomic E-state index is 2.50. The fourth-order valence-corrected chi connectivity index (χ4v) is 7.36. The van der Waals surface area contributed by atoms with Gasteiger partial charge in [0.1, 0.15) is 0 Å². The van der Waals surface area contributed by atoms with Gasteiger partial charge in [-0.1, -0.05) is 176 Å². The number of hydrogen-bond acceptors (Lipinski definition) is 1. The molecule has 0 spiro atoms. The largest absolute Gasteiger partial charge is 0.309 e. The van der Waals surface area contributed by atoms with Crippen LogP contribution >= 0.6 is 0 Å². The molecular weight excluding hydrogens is 591 g/mol. The van der Waals surface area contributed by atoms with E-state index in [1.807, 2.05) is 0 Å². The highest BCUT2D eigenvalue weighted by Gasteiger charge is 2.24. The number of anilines is 3. The highest BCUT2D eigenvalue weighted by atomic mass is 15.1. The van der Waals surface area contributed by atoms with Crippen LogP contribution in [0.15, 0.2) is 200 Å². The number of fused-ring (bicyclic) bond motifs is 3. The summed E-state index contributed by atoms with van der Waals surface area (Å²) in [4.78, 5) is 2.50. The highest BCUT2D eigenvalue weighted by Crippen LogP contribution is 2.50. The lowest BCUT2D eigenvalue weighted by Gasteiger charge is -2.32. The van der Waals surface area contributed by atoms with Crippen LogP contribution in [0.3, 0.4) is 0 Å². The Bertz CT molecular complexity index is 2590. The van der Waals surface area contributed by atoms with Crippen LogP contribution in [-0.2, 0) is 0 Å². The van der Waals surface area contributed by atoms with Gasteiger partial charge in [0.2, 0.25) is 0 Å². The lowest BCUT2D eigenvalue weighted by atomic mass is 9.90. The molecule has 0 bridgehead atoms. The van der Waals surface area contributed by atoms with Crippen molar-refractivity contribution < 1.29 is 0 Å². The first-order chi connectivity index (χ1) is 24.3. The van der Waals surface area contributed by atoms with Crippen molar-refractivity contribution in [3.8, 4) is 33.4 Å². The molecule has 0 unspecified atom stereocenters. The summed E-state index contributed by atoms with van der Waals surface area (Å²) in [5.41, 5.74) is 10.6. The smallest absolute Gasteiger partial charge is 0.0547 e. The number of nitrogens with zero attached hydrogens (tertiary/aromatic N) is 1. The van der Waals surface area contributed by atoms with E-state index in [1.54, 1.807) is 0 Å². The van der Waals surface area contributed by atoms with E-state index in [9.17, 15) is 0 Å². The van der Waals surface area contributed by atoms with Gasteiger partial charge < -0.3 is 4.90 Å². The second-order valence-corrected chi connectivity index (χ2v) is 12.5. The van der Waals surface area contributed by atoms with E-state index in [-0.39, 0.29) is 0 Å². The molecule has 230 valence electrons. The van der Waals surface area contributed by atoms with Crippen molar-refractivity contribution in [3.05, 3.63) is 200 Å². The fourth-order valence-electron chi connectivity index (χ4n) is 7.36. The van der Waals surface area contributed by atoms with Gasteiger partial charge in [0.25, 0.3) is 0 Å². The molecule has 0 aliphatic heterocycles. The first-order valence-electron chi connectivity index (χ1n) is 16.9. The monoisotopic (exact) mass is 623 g/mol. The van der Waals surface area contributed by atoms with E-state index >= 15 is 0 Å². The summed E-state index contributed by atoms with van der Waals surface area (Å²) < 4.78 is 0. The minimum atomic E-state index is 1.12. The Balaban J connectivity index is 1.42. The van der Waals surface area contributed by atoms with Gasteiger partial charge in [-0.05, 0) is 73.5 Å². The molecule has 0 aliphatic carbocycles. The van der Waals surface area contributed by atoms with Gasteiger partial charge in [0, 0.05) is 16.5 Å². The summed E-state index contributed by atoms with van der Waals surface area (Å²) >= 11 is 0. The van der Waals surface area contributed by atoms with E-state index in [0.29, 0.717) is 0 Å². The number of hydrogen-bond donors (Lipinski definition) is 0. The first kappa shape index (κ1) is 28.8. The summed E-state index contributed by atoms with van der Waals surface area (Å²) in [6.45, 7) is 0. The molecule has 0 N–H and O–H groups in total. The molecule has 0 fully saturated rings. The summed E-state index contributed by atoms with van der Waals surface area (Å²) in [5, 5.41) is 7.32. The first-order valence-corrected chi connectivity index (χ1v) is 16.9. The Kier molecular flexibility index (Phi) is 7.22. The zero-order valence-corrected chi connectivity index (χ0v) is 27.0. The Morgan fingerprint density at radius 3 is 1.53 bits per heavy atom. The van der Waals surface area contributed by atoms with Crippen molar-refractivity contribution in [2.45, 2.75) is 0 Å². The lowest BCUT2D eigenvalue weighted by molar-refractivity contribution is 1.30. The molecule has 9 rings (SSSR count). The SMILES string of the molecule is c1ccc(-c2ccc(N(c3ccc4ccccc4c3-c3cccc4ccccc34)c3cccc4ccccc34)c(-c3ccccc3)c2)cc1. The van der Waals surface area contributed by atoms with Crippen LogP contribution in [-0.4, -0.2) is 0 Å². The molecule has 0 aliphatic rings. The standard InChI is InChI=1S/C48H33N/c1-3-15-34(16-4-1)39-30-31-46(44(33-39)37-17-5-2-6-18-37)49(45-28-14-23-36-20-8-11-25-41(36)45)47-32-29-38-21-9-12-26-42(38)48(47)43-27-13-22-35-19-7-10-24-40(35)43/h1-33H. The van der Waals surface area contributed by atoms with Gasteiger partial charge in [-0.15, -0.1) is 0 Å². The maximum atomic E-state index is 2.50. The van der Waals surface area contributed by atoms with Crippen LogP contribution in [0.4, 0.5) is 17.1 Å². The van der Waals surface area contributed by atoms with Crippen molar-refractivity contribution in [1.82, 2.24) is 0 Å². The van der Waals surface area contributed by atoms with Crippen molar-refractivity contribution in [1.29, 1.82) is 0 Å². The van der Waals surface area contributed by atoms with E-state index in [4.69, 9.17) is 0 Å². The predicted octanol–water partition coefficient (Wildman–Crippen LogP) is 13.6. The molecular formula is C48H33N. The van der Waals surface area contributed by atoms with Gasteiger partial charge in [0.15, 0.2) is 0 Å². The third-order valence-corrected chi connectivity index (χ3v) is 9.64. The van der Waals surface area contributed by atoms with Gasteiger partial charge in [-0.2, -0.15) is 0 Å². The normalized spacial score (nSPS) is 11.3. The summed E-state index contributed by atoms with van der Waals surface area (Å²) in [5.74, 6) is 0. The molecule has 0 amide bonds. The van der Waals surface area contributed by atoms with Crippen LogP contribution in [0.25, 0.3) is 65.7 Å². The Labute approximate surface area is 287 Å². The van der Waals surface area contributed by atoms with Crippen molar-refractivity contribution in [2.24, 2.45) is 0 Å². The van der Waals surface area contributed by atoms with E-state index < -0.39 is 0 Å². The van der Waals surface area contributed by atoms with Gasteiger partial charge >= 0.3 is 0 Å². The minimum absolute atomic E-state index is 1.12. The maximum Gasteiger partial charge on any atom is 0.0547 e. The third-order valence-electron chi connectivity index (χ3n) is 9.64. The summed E-state index contributed by atoms with van der Waals surface area (Å²) in [7, 11) is 0. The van der Waals surface area contributed by atoms with Crippen LogP contribution in [0.1, 0.15) is 0 Å². The molecule has 0 saturated heterocycles. The van der Waals surface area contributed by atoms with E-state index in [2.05, 4.69) is 205 Å². The van der Waals surface area contributed by atoms with Crippen molar-refractivity contribution >= 4 is 49.4 Å². The molecule has 0 saturated carbocycles. The molecule has 49 heavy (non-hydrogen) atoms. The Morgan fingerprint density at radius 2 is 0.796 bits per heavy atom. The number of benzene rings is 9. The van der Waals surface area contributed by atoms with Gasteiger partial charge in [-0.3, -0.25) is 0 Å². The van der Waals surface area contributed by atoms with Crippen LogP contribution in [0.2, 0.25) is 0 Å². The molecule has 0 radical (unpaired) electrons. The molecule has 0 atom stereocenters. The minimum Gasteiger partial charge on any atom is -0.309 e. The van der Waals surface area contributed by atoms with E-state index in [1.165, 1.54) is 65.7 Å². The molecule has 1 nitrogen and oxygen atoms in total. The van der Waals surface area contributed by atoms with Crippen molar-refractivity contribution in [2.75, 3.05) is 4.90 Å². The highest BCUT2D eigenvalue weighted by molar-refractivity contribution is 6.13. The zero-order valence-electron chi connectivity index (χ0n) is 27.0. The lowest BCUT2D eigenvalue weighted by Crippen LogP contribution is -2.13. The second kappa shape index (κ2) is 12.3. The molecule has 0 heterocycles. The summed E-state index contributed by atoms with van der Waals surface area (Å²) in [6.07, 6.45) is 0. The molecule has 1 heteroatoms. The van der Waals surface area contributed by atoms with Gasteiger partial charge in [-0.25, -0.2) is 0 Å². The van der Waals surface area contributed by atoms with Crippen LogP contribution in [0.5, 0.6) is 0 Å². The van der Waals surface area contributed by atoms with E-state index in [0.717, 1.165) is 17.1 Å². The quantitative estimate of drug-likeness (QED) is 0.178. The van der Waals surface area contributed by atoms with Crippen LogP contribution in [0, 0.1) is 0 Å². The molecule has 9 aromatic rings. The summed E-state index contributed by atoms with van der Waals surface area (Å²) in [6, 6.07) is 72.6. The molecule has 9 aromatic carbocycles. The topological polar surface area (TPSA) is 3.24 Å². The number of rotatable bonds is 6. The third kappa shape index (κ3) is 5.13. The average molecular weight is 624 g/mol. The average Bonchev–Trinajstić information content (AvgIpc) is 3.18. The Hall–Kier alpha value is -6.44. The van der Waals surface area contributed by atoms with Gasteiger partial charge in [0.05, 0.1) is 17.1 Å². The fraction of sp³-hybridized carbons (Fsp3) is 0. The predicted molar refractivity (Wildman–Crippen MR) is 210 cm³/mol. The molecule has 0 aromatic heterocycles.